The maximum atomic E-state index is 11.8. The van der Waals surface area contributed by atoms with Gasteiger partial charge in [-0.3, -0.25) is 0 Å². The first kappa shape index (κ1) is 13.7. The maximum Gasteiger partial charge on any atom is 0.358 e. The second-order valence-electron chi connectivity index (χ2n) is 4.46. The molecule has 0 spiro atoms. The topological polar surface area (TPSA) is 39.2 Å². The molecule has 0 amide bonds. The van der Waals surface area contributed by atoms with E-state index >= 15 is 0 Å². The molecule has 4 heteroatoms. The molecule has 0 saturated heterocycles. The molecule has 0 N–H and O–H groups in total. The molecule has 2 aromatic rings. The van der Waals surface area contributed by atoms with E-state index in [1.165, 1.54) is 22.5 Å². The Kier molecular flexibility index (Phi) is 4.00. The third kappa shape index (κ3) is 2.84. The second-order valence-corrected chi connectivity index (χ2v) is 5.67. The number of esters is 1. The van der Waals surface area contributed by atoms with Gasteiger partial charge in [0.1, 0.15) is 5.01 Å². The summed E-state index contributed by atoms with van der Waals surface area (Å²) in [5.41, 5.74) is 3.90. The van der Waals surface area contributed by atoms with E-state index < -0.39 is 0 Å². The molecule has 0 radical (unpaired) electrons. The van der Waals surface area contributed by atoms with E-state index in [2.05, 4.69) is 37.0 Å². The monoisotopic (exact) mass is 275 g/mol. The minimum absolute atomic E-state index is 0.340. The fraction of sp³-hybridized carbons (Fsp3) is 0.333. The van der Waals surface area contributed by atoms with Gasteiger partial charge in [-0.05, 0) is 33.3 Å². The second kappa shape index (κ2) is 5.53. The van der Waals surface area contributed by atoms with Gasteiger partial charge in [0.25, 0.3) is 0 Å². The molecule has 0 atom stereocenters. The molecule has 0 aliphatic heterocycles. The van der Waals surface area contributed by atoms with Crippen molar-refractivity contribution in [1.82, 2.24) is 4.98 Å². The molecule has 1 heterocycles. The minimum atomic E-state index is -0.340. The van der Waals surface area contributed by atoms with E-state index in [9.17, 15) is 4.79 Å². The van der Waals surface area contributed by atoms with E-state index in [-0.39, 0.29) is 5.97 Å². The first-order valence-electron chi connectivity index (χ1n) is 6.25. The molecule has 0 aliphatic carbocycles. The van der Waals surface area contributed by atoms with Crippen molar-refractivity contribution >= 4 is 17.3 Å². The molecule has 100 valence electrons. The highest BCUT2D eigenvalue weighted by atomic mass is 32.1. The van der Waals surface area contributed by atoms with Crippen molar-refractivity contribution < 1.29 is 9.53 Å². The predicted molar refractivity (Wildman–Crippen MR) is 77.7 cm³/mol. The summed E-state index contributed by atoms with van der Waals surface area (Å²) in [4.78, 5) is 17.1. The van der Waals surface area contributed by atoms with Crippen LogP contribution >= 0.6 is 11.3 Å². The van der Waals surface area contributed by atoms with E-state index in [0.29, 0.717) is 12.3 Å². The fourth-order valence-corrected chi connectivity index (χ4v) is 2.95. The van der Waals surface area contributed by atoms with Gasteiger partial charge in [-0.2, -0.15) is 0 Å². The predicted octanol–water partition coefficient (Wildman–Crippen LogP) is 3.91. The first-order chi connectivity index (χ1) is 9.02. The molecule has 0 unspecified atom stereocenters. The van der Waals surface area contributed by atoms with Gasteiger partial charge in [0, 0.05) is 10.4 Å². The molecule has 2 rings (SSSR count). The third-order valence-electron chi connectivity index (χ3n) is 2.88. The number of aryl methyl sites for hydroxylation is 3. The van der Waals surface area contributed by atoms with Gasteiger partial charge in [0.2, 0.25) is 0 Å². The van der Waals surface area contributed by atoms with Crippen molar-refractivity contribution in [2.45, 2.75) is 27.7 Å². The summed E-state index contributed by atoms with van der Waals surface area (Å²) in [6.07, 6.45) is 0. The standard InChI is InChI=1S/C15H17NO2S/c1-5-18-15(17)13-11(4)19-14(16-13)12-7-6-9(2)8-10(12)3/h6-8H,5H2,1-4H3. The van der Waals surface area contributed by atoms with Gasteiger partial charge in [-0.25, -0.2) is 9.78 Å². The van der Waals surface area contributed by atoms with E-state index in [0.717, 1.165) is 15.4 Å². The maximum absolute atomic E-state index is 11.8. The van der Waals surface area contributed by atoms with Crippen molar-refractivity contribution in [3.05, 3.63) is 39.9 Å². The molecule has 0 saturated carbocycles. The van der Waals surface area contributed by atoms with Crippen LogP contribution < -0.4 is 0 Å². The lowest BCUT2D eigenvalue weighted by atomic mass is 10.1. The van der Waals surface area contributed by atoms with E-state index in [1.807, 2.05) is 6.92 Å². The largest absolute Gasteiger partial charge is 0.461 e. The van der Waals surface area contributed by atoms with Gasteiger partial charge in [-0.1, -0.05) is 23.8 Å². The lowest BCUT2D eigenvalue weighted by Crippen LogP contribution is -2.06. The number of hydrogen-bond donors (Lipinski definition) is 0. The van der Waals surface area contributed by atoms with Crippen molar-refractivity contribution in [2.75, 3.05) is 6.61 Å². The van der Waals surface area contributed by atoms with Crippen LogP contribution in [0.15, 0.2) is 18.2 Å². The molecule has 0 aliphatic rings. The number of hydrogen-bond acceptors (Lipinski definition) is 4. The van der Waals surface area contributed by atoms with Crippen LogP contribution in [0, 0.1) is 20.8 Å². The summed E-state index contributed by atoms with van der Waals surface area (Å²) in [6.45, 7) is 8.19. The molecular weight excluding hydrogens is 258 g/mol. The number of carbonyl (C=O) groups is 1. The van der Waals surface area contributed by atoms with Gasteiger partial charge in [0.05, 0.1) is 6.61 Å². The zero-order valence-corrected chi connectivity index (χ0v) is 12.4. The summed E-state index contributed by atoms with van der Waals surface area (Å²) in [7, 11) is 0. The Hall–Kier alpha value is -1.68. The van der Waals surface area contributed by atoms with E-state index in [1.54, 1.807) is 6.92 Å². The van der Waals surface area contributed by atoms with Crippen molar-refractivity contribution in [3.8, 4) is 10.6 Å². The number of nitrogens with zero attached hydrogens (tertiary/aromatic N) is 1. The normalized spacial score (nSPS) is 10.5. The number of ether oxygens (including phenoxy) is 1. The van der Waals surface area contributed by atoms with Crippen molar-refractivity contribution in [2.24, 2.45) is 0 Å². The smallest absolute Gasteiger partial charge is 0.358 e. The zero-order valence-electron chi connectivity index (χ0n) is 11.6. The Morgan fingerprint density at radius 3 is 2.68 bits per heavy atom. The highest BCUT2D eigenvalue weighted by Crippen LogP contribution is 2.30. The van der Waals surface area contributed by atoms with Gasteiger partial charge in [0.15, 0.2) is 5.69 Å². The summed E-state index contributed by atoms with van der Waals surface area (Å²) in [6, 6.07) is 6.23. The zero-order chi connectivity index (χ0) is 14.0. The van der Waals surface area contributed by atoms with Crippen LogP contribution in [0.25, 0.3) is 10.6 Å². The van der Waals surface area contributed by atoms with E-state index in [4.69, 9.17) is 4.74 Å². The van der Waals surface area contributed by atoms with Crippen LogP contribution in [-0.4, -0.2) is 17.6 Å². The summed E-state index contributed by atoms with van der Waals surface area (Å²) in [5.74, 6) is -0.340. The van der Waals surface area contributed by atoms with Crippen LogP contribution in [0.3, 0.4) is 0 Å². The number of rotatable bonds is 3. The van der Waals surface area contributed by atoms with Crippen LogP contribution in [0.5, 0.6) is 0 Å². The van der Waals surface area contributed by atoms with Gasteiger partial charge < -0.3 is 4.74 Å². The number of aromatic nitrogens is 1. The highest BCUT2D eigenvalue weighted by Gasteiger charge is 2.17. The van der Waals surface area contributed by atoms with Crippen molar-refractivity contribution in [3.63, 3.8) is 0 Å². The average Bonchev–Trinajstić information content (AvgIpc) is 2.71. The van der Waals surface area contributed by atoms with Gasteiger partial charge >= 0.3 is 5.97 Å². The van der Waals surface area contributed by atoms with Gasteiger partial charge in [-0.15, -0.1) is 11.3 Å². The summed E-state index contributed by atoms with van der Waals surface area (Å²) in [5, 5.41) is 0.873. The molecule has 3 nitrogen and oxygen atoms in total. The Morgan fingerprint density at radius 2 is 2.05 bits per heavy atom. The Labute approximate surface area is 117 Å². The highest BCUT2D eigenvalue weighted by molar-refractivity contribution is 7.15. The lowest BCUT2D eigenvalue weighted by Gasteiger charge is -2.03. The number of carbonyl (C=O) groups excluding carboxylic acids is 1. The number of thiazole rings is 1. The number of benzene rings is 1. The van der Waals surface area contributed by atoms with Crippen LogP contribution in [-0.2, 0) is 4.74 Å². The minimum Gasteiger partial charge on any atom is -0.461 e. The van der Waals surface area contributed by atoms with Crippen molar-refractivity contribution in [1.29, 1.82) is 0 Å². The Morgan fingerprint density at radius 1 is 1.32 bits per heavy atom. The van der Waals surface area contributed by atoms with Crippen LogP contribution in [0.1, 0.15) is 33.4 Å². The summed E-state index contributed by atoms with van der Waals surface area (Å²) < 4.78 is 5.01. The molecule has 0 fully saturated rings. The fourth-order valence-electron chi connectivity index (χ4n) is 1.95. The first-order valence-corrected chi connectivity index (χ1v) is 7.06. The SMILES string of the molecule is CCOC(=O)c1nc(-c2ccc(C)cc2C)sc1C. The van der Waals surface area contributed by atoms with Crippen LogP contribution in [0.2, 0.25) is 0 Å². The molecule has 19 heavy (non-hydrogen) atoms. The van der Waals surface area contributed by atoms with Crippen LogP contribution in [0.4, 0.5) is 0 Å². The molecular formula is C15H17NO2S. The average molecular weight is 275 g/mol. The quantitative estimate of drug-likeness (QED) is 0.797. The molecule has 1 aromatic heterocycles. The summed E-state index contributed by atoms with van der Waals surface area (Å²) >= 11 is 1.53. The Balaban J connectivity index is 2.42. The molecule has 0 bridgehead atoms. The third-order valence-corrected chi connectivity index (χ3v) is 3.88. The lowest BCUT2D eigenvalue weighted by molar-refractivity contribution is 0.0519. The molecule has 1 aromatic carbocycles. The Bertz CT molecular complexity index is 617.